The van der Waals surface area contributed by atoms with Crippen LogP contribution >= 0.6 is 15.9 Å². The van der Waals surface area contributed by atoms with Gasteiger partial charge >= 0.3 is 12.1 Å². The van der Waals surface area contributed by atoms with Crippen molar-refractivity contribution in [1.82, 2.24) is 0 Å². The fourth-order valence-corrected chi connectivity index (χ4v) is 3.42. The van der Waals surface area contributed by atoms with E-state index in [9.17, 15) is 14.7 Å². The number of rotatable bonds is 8. The van der Waals surface area contributed by atoms with Crippen LogP contribution in [-0.2, 0) is 9.53 Å². The Balaban J connectivity index is 2.26. The third-order valence-electron chi connectivity index (χ3n) is 4.72. The molecule has 0 aliphatic rings. The molecule has 0 aliphatic heterocycles. The third-order valence-corrected chi connectivity index (χ3v) is 5.21. The molecule has 0 saturated carbocycles. The van der Waals surface area contributed by atoms with E-state index in [-0.39, 0.29) is 5.75 Å². The van der Waals surface area contributed by atoms with Crippen LogP contribution in [0.1, 0.15) is 43.9 Å². The standard InChI is InChI=1S/C23H26BrNO5/c1-15-7-10-17(11-8-15)25-22(29)30-21(18-14-16(24)9-12-19(18)26)23(2,3)13-5-4-6-20(27)28/h4,6-12,14,21,26H,5,13H2,1-3H3,(H,25,29)(H,27,28)/b6-4+/t21-/m1/s1. The van der Waals surface area contributed by atoms with Crippen molar-refractivity contribution in [3.8, 4) is 5.75 Å². The lowest BCUT2D eigenvalue weighted by atomic mass is 9.78. The number of phenolic OH excluding ortho intramolecular Hbond substituents is 1. The van der Waals surface area contributed by atoms with Crippen molar-refractivity contribution in [2.24, 2.45) is 5.41 Å². The molecule has 0 bridgehead atoms. The molecule has 0 saturated heterocycles. The van der Waals surface area contributed by atoms with Crippen molar-refractivity contribution in [3.05, 3.63) is 70.2 Å². The lowest BCUT2D eigenvalue weighted by molar-refractivity contribution is -0.131. The van der Waals surface area contributed by atoms with Crippen molar-refractivity contribution in [2.45, 2.75) is 39.7 Å². The summed E-state index contributed by atoms with van der Waals surface area (Å²) in [5.74, 6) is -0.997. The summed E-state index contributed by atoms with van der Waals surface area (Å²) in [5.41, 5.74) is 1.55. The van der Waals surface area contributed by atoms with Gasteiger partial charge in [-0.15, -0.1) is 0 Å². The summed E-state index contributed by atoms with van der Waals surface area (Å²) in [4.78, 5) is 23.3. The van der Waals surface area contributed by atoms with Crippen LogP contribution in [-0.4, -0.2) is 22.3 Å². The molecule has 0 heterocycles. The van der Waals surface area contributed by atoms with Gasteiger partial charge in [0.2, 0.25) is 0 Å². The van der Waals surface area contributed by atoms with Crippen LogP contribution in [0.15, 0.2) is 59.1 Å². The maximum atomic E-state index is 12.6. The number of halogens is 1. The van der Waals surface area contributed by atoms with Crippen LogP contribution in [0, 0.1) is 12.3 Å². The Morgan fingerprint density at radius 2 is 1.87 bits per heavy atom. The second-order valence-electron chi connectivity index (χ2n) is 7.75. The molecular formula is C23H26BrNO5. The number of carbonyl (C=O) groups excluding carboxylic acids is 1. The molecule has 6 nitrogen and oxygen atoms in total. The summed E-state index contributed by atoms with van der Waals surface area (Å²) in [7, 11) is 0. The molecule has 0 spiro atoms. The number of anilines is 1. The minimum absolute atomic E-state index is 0.0143. The van der Waals surface area contributed by atoms with E-state index in [1.807, 2.05) is 32.9 Å². The topological polar surface area (TPSA) is 95.9 Å². The van der Waals surface area contributed by atoms with Crippen LogP contribution in [0.5, 0.6) is 5.75 Å². The Labute approximate surface area is 184 Å². The van der Waals surface area contributed by atoms with E-state index in [0.29, 0.717) is 24.1 Å². The molecule has 0 fully saturated rings. The second kappa shape index (κ2) is 10.3. The molecule has 0 aromatic heterocycles. The summed E-state index contributed by atoms with van der Waals surface area (Å²) in [6, 6.07) is 12.3. The number of carboxylic acids is 1. The van der Waals surface area contributed by atoms with Crippen LogP contribution in [0.25, 0.3) is 0 Å². The molecule has 30 heavy (non-hydrogen) atoms. The lowest BCUT2D eigenvalue weighted by Gasteiger charge is -2.34. The number of nitrogens with one attached hydrogen (secondary N) is 1. The van der Waals surface area contributed by atoms with Crippen molar-refractivity contribution < 1.29 is 24.5 Å². The van der Waals surface area contributed by atoms with Gasteiger partial charge in [0.15, 0.2) is 0 Å². The number of aryl methyl sites for hydroxylation is 1. The minimum atomic E-state index is -1.01. The van der Waals surface area contributed by atoms with Crippen LogP contribution in [0.3, 0.4) is 0 Å². The number of amides is 1. The Morgan fingerprint density at radius 1 is 1.20 bits per heavy atom. The SMILES string of the molecule is Cc1ccc(NC(=O)O[C@H](c2cc(Br)ccc2O)C(C)(C)CC/C=C/C(=O)O)cc1. The molecule has 1 amide bonds. The molecular weight excluding hydrogens is 450 g/mol. The summed E-state index contributed by atoms with van der Waals surface area (Å²) in [5, 5.41) is 21.9. The predicted molar refractivity (Wildman–Crippen MR) is 120 cm³/mol. The monoisotopic (exact) mass is 475 g/mol. The third kappa shape index (κ3) is 6.91. The Bertz CT molecular complexity index is 922. The first-order valence-corrected chi connectivity index (χ1v) is 10.3. The highest BCUT2D eigenvalue weighted by molar-refractivity contribution is 9.10. The number of carbonyl (C=O) groups is 2. The van der Waals surface area contributed by atoms with Crippen LogP contribution < -0.4 is 5.32 Å². The average molecular weight is 476 g/mol. The Morgan fingerprint density at radius 3 is 2.50 bits per heavy atom. The highest BCUT2D eigenvalue weighted by Gasteiger charge is 2.35. The Kier molecular flexibility index (Phi) is 8.06. The number of carboxylic acid groups (broad SMARTS) is 1. The van der Waals surface area contributed by atoms with Gasteiger partial charge < -0.3 is 14.9 Å². The van der Waals surface area contributed by atoms with E-state index in [1.54, 1.807) is 30.3 Å². The van der Waals surface area contributed by atoms with E-state index in [4.69, 9.17) is 9.84 Å². The lowest BCUT2D eigenvalue weighted by Crippen LogP contribution is -2.29. The smallest absolute Gasteiger partial charge is 0.412 e. The number of phenols is 1. The van der Waals surface area contributed by atoms with Gasteiger partial charge in [0.1, 0.15) is 11.9 Å². The first kappa shape index (κ1) is 23.5. The Hall–Kier alpha value is -2.80. The van der Waals surface area contributed by atoms with Gasteiger partial charge in [-0.05, 0) is 50.1 Å². The molecule has 2 aromatic carbocycles. The van der Waals surface area contributed by atoms with Crippen molar-refractivity contribution in [1.29, 1.82) is 0 Å². The van der Waals surface area contributed by atoms with E-state index in [0.717, 1.165) is 16.1 Å². The summed E-state index contributed by atoms with van der Waals surface area (Å²) in [6.45, 7) is 5.77. The maximum absolute atomic E-state index is 12.6. The predicted octanol–water partition coefficient (Wildman–Crippen LogP) is 6.20. The molecule has 7 heteroatoms. The first-order valence-electron chi connectivity index (χ1n) is 9.50. The first-order chi connectivity index (χ1) is 14.1. The fraction of sp³-hybridized carbons (Fsp3) is 0.304. The quantitative estimate of drug-likeness (QED) is 0.395. The van der Waals surface area contributed by atoms with Gasteiger partial charge in [0.05, 0.1) is 0 Å². The van der Waals surface area contributed by atoms with Crippen LogP contribution in [0.4, 0.5) is 10.5 Å². The summed E-state index contributed by atoms with van der Waals surface area (Å²) >= 11 is 3.39. The number of aliphatic carboxylic acids is 1. The van der Waals surface area contributed by atoms with Gasteiger partial charge in [-0.25, -0.2) is 9.59 Å². The average Bonchev–Trinajstić information content (AvgIpc) is 2.67. The molecule has 0 radical (unpaired) electrons. The molecule has 0 aliphatic carbocycles. The molecule has 0 unspecified atom stereocenters. The zero-order chi connectivity index (χ0) is 22.3. The van der Waals surface area contributed by atoms with E-state index in [1.165, 1.54) is 6.07 Å². The normalized spacial score (nSPS) is 12.5. The number of aromatic hydroxyl groups is 1. The van der Waals surface area contributed by atoms with Crippen LogP contribution in [0.2, 0.25) is 0 Å². The van der Waals surface area contributed by atoms with Gasteiger partial charge in [0.25, 0.3) is 0 Å². The minimum Gasteiger partial charge on any atom is -0.508 e. The fourth-order valence-electron chi connectivity index (χ4n) is 3.04. The maximum Gasteiger partial charge on any atom is 0.412 e. The van der Waals surface area contributed by atoms with Gasteiger partial charge in [-0.3, -0.25) is 5.32 Å². The molecule has 160 valence electrons. The van der Waals surface area contributed by atoms with E-state index >= 15 is 0 Å². The van der Waals surface area contributed by atoms with E-state index < -0.39 is 23.6 Å². The largest absolute Gasteiger partial charge is 0.508 e. The highest BCUT2D eigenvalue weighted by atomic mass is 79.9. The highest BCUT2D eigenvalue weighted by Crippen LogP contribution is 2.44. The number of hydrogen-bond donors (Lipinski definition) is 3. The summed E-state index contributed by atoms with van der Waals surface area (Å²) in [6.07, 6.45) is 2.26. The molecule has 3 N–H and O–H groups in total. The molecule has 1 atom stereocenters. The second-order valence-corrected chi connectivity index (χ2v) is 8.66. The number of ether oxygens (including phenoxy) is 1. The number of hydrogen-bond acceptors (Lipinski definition) is 4. The summed E-state index contributed by atoms with van der Waals surface area (Å²) < 4.78 is 6.52. The number of benzene rings is 2. The van der Waals surface area contributed by atoms with Crippen molar-refractivity contribution in [3.63, 3.8) is 0 Å². The number of allylic oxidation sites excluding steroid dienone is 1. The van der Waals surface area contributed by atoms with Crippen molar-refractivity contribution >= 4 is 33.7 Å². The van der Waals surface area contributed by atoms with Crippen molar-refractivity contribution in [2.75, 3.05) is 5.32 Å². The van der Waals surface area contributed by atoms with Gasteiger partial charge in [-0.2, -0.15) is 0 Å². The van der Waals surface area contributed by atoms with Gasteiger partial charge in [-0.1, -0.05) is 53.5 Å². The zero-order valence-electron chi connectivity index (χ0n) is 17.2. The van der Waals surface area contributed by atoms with E-state index in [2.05, 4.69) is 21.2 Å². The molecule has 2 aromatic rings. The zero-order valence-corrected chi connectivity index (χ0v) is 18.8. The van der Waals surface area contributed by atoms with Gasteiger partial charge in [0, 0.05) is 27.2 Å². The molecule has 2 rings (SSSR count).